The lowest BCUT2D eigenvalue weighted by Gasteiger charge is -2.26. The molecular formula is C27H35N3O3. The van der Waals surface area contributed by atoms with Gasteiger partial charge in [-0.2, -0.15) is 0 Å². The van der Waals surface area contributed by atoms with Crippen LogP contribution in [-0.2, 0) is 27.4 Å². The smallest absolute Gasteiger partial charge is 0.227 e. The van der Waals surface area contributed by atoms with Crippen molar-refractivity contribution < 1.29 is 14.3 Å². The summed E-state index contributed by atoms with van der Waals surface area (Å²) < 4.78 is 5.43. The van der Waals surface area contributed by atoms with E-state index in [9.17, 15) is 9.59 Å². The Labute approximate surface area is 196 Å². The third-order valence-corrected chi connectivity index (χ3v) is 6.83. The van der Waals surface area contributed by atoms with Gasteiger partial charge in [-0.15, -0.1) is 0 Å². The van der Waals surface area contributed by atoms with Crippen LogP contribution in [0.25, 0.3) is 0 Å². The zero-order chi connectivity index (χ0) is 23.2. The second-order valence-electron chi connectivity index (χ2n) is 9.20. The summed E-state index contributed by atoms with van der Waals surface area (Å²) in [6, 6.07) is 16.4. The fourth-order valence-electron chi connectivity index (χ4n) is 4.67. The quantitative estimate of drug-likeness (QED) is 0.668. The molecule has 0 spiro atoms. The number of benzene rings is 2. The monoisotopic (exact) mass is 449 g/mol. The summed E-state index contributed by atoms with van der Waals surface area (Å²) in [5, 5.41) is 3.06. The minimum absolute atomic E-state index is 0.0263. The molecule has 1 N–H and O–H groups in total. The normalized spacial score (nSPS) is 20.1. The third kappa shape index (κ3) is 5.81. The van der Waals surface area contributed by atoms with Crippen LogP contribution in [0.1, 0.15) is 49.3 Å². The van der Waals surface area contributed by atoms with Gasteiger partial charge in [0.1, 0.15) is 0 Å². The van der Waals surface area contributed by atoms with Crippen molar-refractivity contribution in [1.82, 2.24) is 10.2 Å². The highest BCUT2D eigenvalue weighted by Gasteiger charge is 2.36. The van der Waals surface area contributed by atoms with Gasteiger partial charge in [0, 0.05) is 44.8 Å². The van der Waals surface area contributed by atoms with E-state index in [1.54, 1.807) is 4.90 Å². The zero-order valence-electron chi connectivity index (χ0n) is 19.8. The number of para-hydroxylation sites is 1. The Kier molecular flexibility index (Phi) is 7.78. The van der Waals surface area contributed by atoms with E-state index in [4.69, 9.17) is 4.74 Å². The van der Waals surface area contributed by atoms with Crippen LogP contribution in [0, 0.1) is 5.92 Å². The Bertz CT molecular complexity index is 971. The number of anilines is 1. The van der Waals surface area contributed by atoms with Crippen LogP contribution in [0.15, 0.2) is 48.5 Å². The largest absolute Gasteiger partial charge is 0.379 e. The molecule has 6 nitrogen and oxygen atoms in total. The van der Waals surface area contributed by atoms with E-state index in [0.717, 1.165) is 50.5 Å². The lowest BCUT2D eigenvalue weighted by Crippen LogP contribution is -2.35. The molecule has 2 unspecified atom stereocenters. The Morgan fingerprint density at radius 1 is 1.12 bits per heavy atom. The molecule has 0 radical (unpaired) electrons. The summed E-state index contributed by atoms with van der Waals surface area (Å²) in [6.07, 6.45) is 1.27. The van der Waals surface area contributed by atoms with Crippen LogP contribution in [0.3, 0.4) is 0 Å². The molecule has 2 atom stereocenters. The Morgan fingerprint density at radius 2 is 1.88 bits per heavy atom. The average molecular weight is 450 g/mol. The van der Waals surface area contributed by atoms with Crippen molar-refractivity contribution in [3.05, 3.63) is 65.2 Å². The summed E-state index contributed by atoms with van der Waals surface area (Å²) >= 11 is 0. The van der Waals surface area contributed by atoms with E-state index in [2.05, 4.69) is 42.3 Å². The maximum atomic E-state index is 12.9. The van der Waals surface area contributed by atoms with Crippen molar-refractivity contribution >= 4 is 17.5 Å². The number of hydrogen-bond donors (Lipinski definition) is 1. The van der Waals surface area contributed by atoms with Crippen LogP contribution in [-0.4, -0.2) is 49.6 Å². The van der Waals surface area contributed by atoms with Gasteiger partial charge in [0.05, 0.1) is 19.1 Å². The Balaban J connectivity index is 1.35. The second-order valence-corrected chi connectivity index (χ2v) is 9.20. The van der Waals surface area contributed by atoms with Crippen LogP contribution in [0.4, 0.5) is 5.69 Å². The summed E-state index contributed by atoms with van der Waals surface area (Å²) in [7, 11) is 0. The molecule has 33 heavy (non-hydrogen) atoms. The number of nitrogens with zero attached hydrogens (tertiary/aromatic N) is 2. The predicted octanol–water partition coefficient (Wildman–Crippen LogP) is 3.70. The topological polar surface area (TPSA) is 61.9 Å². The molecule has 2 heterocycles. The van der Waals surface area contributed by atoms with Crippen LogP contribution in [0.5, 0.6) is 0 Å². The highest BCUT2D eigenvalue weighted by Crippen LogP contribution is 2.33. The highest BCUT2D eigenvalue weighted by atomic mass is 16.5. The number of ether oxygens (including phenoxy) is 1. The first kappa shape index (κ1) is 23.5. The molecular weight excluding hydrogens is 414 g/mol. The Morgan fingerprint density at radius 3 is 2.67 bits per heavy atom. The molecule has 2 aromatic rings. The molecule has 0 aliphatic carbocycles. The van der Waals surface area contributed by atoms with Gasteiger partial charge < -0.3 is 15.0 Å². The number of morpholine rings is 1. The molecule has 2 aliphatic heterocycles. The van der Waals surface area contributed by atoms with Crippen LogP contribution >= 0.6 is 0 Å². The third-order valence-electron chi connectivity index (χ3n) is 6.83. The molecule has 0 bridgehead atoms. The number of amides is 2. The second kappa shape index (κ2) is 10.9. The van der Waals surface area contributed by atoms with Crippen molar-refractivity contribution in [3.63, 3.8) is 0 Å². The van der Waals surface area contributed by atoms with Crippen LogP contribution in [0.2, 0.25) is 0 Å². The highest BCUT2D eigenvalue weighted by molar-refractivity contribution is 6.00. The van der Waals surface area contributed by atoms with E-state index in [-0.39, 0.29) is 24.2 Å². The summed E-state index contributed by atoms with van der Waals surface area (Å²) in [6.45, 7) is 9.62. The molecule has 176 valence electrons. The maximum Gasteiger partial charge on any atom is 0.227 e. The first-order valence-electron chi connectivity index (χ1n) is 12.1. The molecule has 2 saturated heterocycles. The van der Waals surface area contributed by atoms with Crippen molar-refractivity contribution in [2.24, 2.45) is 5.92 Å². The van der Waals surface area contributed by atoms with Crippen molar-refractivity contribution in [2.45, 2.75) is 45.7 Å². The number of rotatable bonds is 8. The molecule has 6 heteroatoms. The van der Waals surface area contributed by atoms with E-state index in [0.29, 0.717) is 19.0 Å². The number of carbonyl (C=O) groups excluding carboxylic acids is 2. The van der Waals surface area contributed by atoms with Crippen molar-refractivity contribution in [2.75, 3.05) is 37.7 Å². The molecule has 2 aliphatic rings. The summed E-state index contributed by atoms with van der Waals surface area (Å²) in [4.78, 5) is 29.9. The molecule has 2 aromatic carbocycles. The molecule has 2 fully saturated rings. The number of carbonyl (C=O) groups is 2. The van der Waals surface area contributed by atoms with Gasteiger partial charge in [-0.05, 0) is 35.1 Å². The first-order chi connectivity index (χ1) is 16.0. The van der Waals surface area contributed by atoms with Gasteiger partial charge in [0.15, 0.2) is 0 Å². The average Bonchev–Trinajstić information content (AvgIpc) is 3.24. The first-order valence-corrected chi connectivity index (χ1v) is 12.1. The predicted molar refractivity (Wildman–Crippen MR) is 130 cm³/mol. The Hall–Kier alpha value is -2.70. The number of nitrogens with one attached hydrogen (secondary N) is 1. The maximum absolute atomic E-state index is 12.9. The van der Waals surface area contributed by atoms with Gasteiger partial charge in [-0.25, -0.2) is 0 Å². The van der Waals surface area contributed by atoms with Gasteiger partial charge in [-0.3, -0.25) is 14.5 Å². The van der Waals surface area contributed by atoms with E-state index < -0.39 is 0 Å². The molecule has 4 rings (SSSR count). The molecule has 2 amide bonds. The van der Waals surface area contributed by atoms with Crippen molar-refractivity contribution in [1.29, 1.82) is 0 Å². The van der Waals surface area contributed by atoms with Gasteiger partial charge in [0.25, 0.3) is 0 Å². The lowest BCUT2D eigenvalue weighted by molar-refractivity contribution is -0.126. The van der Waals surface area contributed by atoms with Crippen molar-refractivity contribution in [3.8, 4) is 0 Å². The van der Waals surface area contributed by atoms with E-state index in [1.165, 1.54) is 11.1 Å². The van der Waals surface area contributed by atoms with E-state index in [1.807, 2.05) is 30.3 Å². The molecule has 0 aromatic heterocycles. The van der Waals surface area contributed by atoms with Gasteiger partial charge in [-0.1, -0.05) is 56.3 Å². The van der Waals surface area contributed by atoms with Gasteiger partial charge >= 0.3 is 0 Å². The fraction of sp³-hybridized carbons (Fsp3) is 0.481. The van der Waals surface area contributed by atoms with Gasteiger partial charge in [0.2, 0.25) is 11.8 Å². The van der Waals surface area contributed by atoms with Crippen LogP contribution < -0.4 is 10.2 Å². The van der Waals surface area contributed by atoms with E-state index >= 15 is 0 Å². The standard InChI is InChI=1S/C27H35N3O3/c1-3-20(2)24-9-4-5-10-25(24)30-19-23(16-26(30)31)27(32)28-17-21-7-6-8-22(15-21)18-29-11-13-33-14-12-29/h4-10,15,20,23H,3,11-14,16-19H2,1-2H3,(H,28,32). The summed E-state index contributed by atoms with van der Waals surface area (Å²) in [5.41, 5.74) is 4.44. The SMILES string of the molecule is CCC(C)c1ccccc1N1CC(C(=O)NCc2cccc(CN3CCOCC3)c2)CC1=O. The minimum Gasteiger partial charge on any atom is -0.379 e. The number of hydrogen-bond acceptors (Lipinski definition) is 4. The molecule has 0 saturated carbocycles. The fourth-order valence-corrected chi connectivity index (χ4v) is 4.67. The lowest BCUT2D eigenvalue weighted by atomic mass is 9.96. The zero-order valence-corrected chi connectivity index (χ0v) is 19.8. The minimum atomic E-state index is -0.320. The summed E-state index contributed by atoms with van der Waals surface area (Å²) in [5.74, 6) is 0.0227.